The standard InChI is InChI=1S/C22H32NO3PS2/c1-4-25-27(28,26-5-2)29-18-22(24)19(3)23(16-20-12-8-6-9-13-20)17-21-14-10-7-11-15-21/h6-15,19,22,24H,4-5,16-18H2,1-3H3/t19-,22-/m0/s1. The molecular formula is C22H32NO3PS2. The van der Waals surface area contributed by atoms with Gasteiger partial charge in [0.1, 0.15) is 0 Å². The molecule has 0 aliphatic carbocycles. The zero-order valence-corrected chi connectivity index (χ0v) is 20.0. The minimum Gasteiger partial charge on any atom is -0.391 e. The number of rotatable bonds is 13. The molecule has 0 spiro atoms. The van der Waals surface area contributed by atoms with Crippen molar-refractivity contribution in [3.8, 4) is 0 Å². The van der Waals surface area contributed by atoms with Crippen molar-refractivity contribution < 1.29 is 14.2 Å². The number of nitrogens with zero attached hydrogens (tertiary/aromatic N) is 1. The van der Waals surface area contributed by atoms with E-state index in [9.17, 15) is 5.11 Å². The van der Waals surface area contributed by atoms with E-state index in [4.69, 9.17) is 20.9 Å². The van der Waals surface area contributed by atoms with Crippen molar-refractivity contribution in [2.45, 2.75) is 46.0 Å². The third kappa shape index (κ3) is 8.50. The van der Waals surface area contributed by atoms with Crippen LogP contribution in [0.2, 0.25) is 0 Å². The molecule has 1 N–H and O–H groups in total. The minimum atomic E-state index is -2.40. The van der Waals surface area contributed by atoms with Gasteiger partial charge in [0.05, 0.1) is 19.3 Å². The monoisotopic (exact) mass is 453 g/mol. The van der Waals surface area contributed by atoms with Gasteiger partial charge in [-0.2, -0.15) is 0 Å². The van der Waals surface area contributed by atoms with E-state index in [2.05, 4.69) is 36.1 Å². The SMILES string of the molecule is CCOP(=S)(OCC)SC[C@H](O)[C@H](C)N(Cc1ccccc1)Cc1ccccc1. The van der Waals surface area contributed by atoms with E-state index in [0.717, 1.165) is 13.1 Å². The van der Waals surface area contributed by atoms with Gasteiger partial charge in [-0.05, 0) is 43.7 Å². The van der Waals surface area contributed by atoms with Crippen molar-refractivity contribution in [3.05, 3.63) is 71.8 Å². The van der Waals surface area contributed by atoms with E-state index in [0.29, 0.717) is 19.0 Å². The molecule has 0 saturated heterocycles. The van der Waals surface area contributed by atoms with Crippen LogP contribution in [0, 0.1) is 0 Å². The Kier molecular flexibility index (Phi) is 10.9. The van der Waals surface area contributed by atoms with E-state index in [-0.39, 0.29) is 6.04 Å². The molecule has 0 radical (unpaired) electrons. The Morgan fingerprint density at radius 2 is 1.38 bits per heavy atom. The molecule has 7 heteroatoms. The minimum absolute atomic E-state index is 0.0467. The summed E-state index contributed by atoms with van der Waals surface area (Å²) in [6.45, 7) is 8.48. The average Bonchev–Trinajstić information content (AvgIpc) is 2.73. The fourth-order valence-electron chi connectivity index (χ4n) is 2.96. The van der Waals surface area contributed by atoms with E-state index >= 15 is 0 Å². The highest BCUT2D eigenvalue weighted by molar-refractivity contribution is 8.67. The van der Waals surface area contributed by atoms with Gasteiger partial charge < -0.3 is 14.2 Å². The molecule has 4 nitrogen and oxygen atoms in total. The Morgan fingerprint density at radius 1 is 0.931 bits per heavy atom. The Labute approximate surface area is 184 Å². The van der Waals surface area contributed by atoms with E-state index in [1.54, 1.807) is 0 Å². The molecule has 2 aromatic rings. The second-order valence-electron chi connectivity index (χ2n) is 6.76. The van der Waals surface area contributed by atoms with Crippen LogP contribution in [0.4, 0.5) is 0 Å². The number of benzene rings is 2. The number of hydrogen-bond donors (Lipinski definition) is 1. The first-order chi connectivity index (χ1) is 14.0. The van der Waals surface area contributed by atoms with E-state index in [1.807, 2.05) is 50.2 Å². The van der Waals surface area contributed by atoms with Crippen LogP contribution in [0.15, 0.2) is 60.7 Å². The van der Waals surface area contributed by atoms with Gasteiger partial charge in [-0.25, -0.2) is 0 Å². The van der Waals surface area contributed by atoms with Crippen LogP contribution in [-0.2, 0) is 33.9 Å². The van der Waals surface area contributed by atoms with Gasteiger partial charge in [0.15, 0.2) is 0 Å². The number of aliphatic hydroxyl groups excluding tert-OH is 1. The number of hydrogen-bond acceptors (Lipinski definition) is 6. The molecule has 0 amide bonds. The number of aliphatic hydroxyl groups is 1. The lowest BCUT2D eigenvalue weighted by Gasteiger charge is -2.33. The van der Waals surface area contributed by atoms with Crippen molar-refractivity contribution in [1.82, 2.24) is 4.90 Å². The summed E-state index contributed by atoms with van der Waals surface area (Å²) >= 11 is 7.03. The molecule has 29 heavy (non-hydrogen) atoms. The van der Waals surface area contributed by atoms with Crippen molar-refractivity contribution in [3.63, 3.8) is 0 Å². The van der Waals surface area contributed by atoms with Crippen LogP contribution in [0.5, 0.6) is 0 Å². The van der Waals surface area contributed by atoms with E-state index < -0.39 is 11.8 Å². The quantitative estimate of drug-likeness (QED) is 0.406. The van der Waals surface area contributed by atoms with Gasteiger partial charge >= 0.3 is 0 Å². The van der Waals surface area contributed by atoms with Crippen LogP contribution in [0.1, 0.15) is 31.9 Å². The van der Waals surface area contributed by atoms with Crippen LogP contribution < -0.4 is 0 Å². The second-order valence-corrected chi connectivity index (χ2v) is 13.1. The average molecular weight is 454 g/mol. The summed E-state index contributed by atoms with van der Waals surface area (Å²) in [6.07, 6.45) is -0.546. The normalized spacial score (nSPS) is 14.1. The summed E-state index contributed by atoms with van der Waals surface area (Å²) in [5.41, 5.74) is 0.0470. The lowest BCUT2D eigenvalue weighted by Crippen LogP contribution is -2.41. The molecule has 0 aliphatic heterocycles. The molecule has 0 unspecified atom stereocenters. The van der Waals surface area contributed by atoms with Crippen LogP contribution in [-0.4, -0.2) is 41.1 Å². The summed E-state index contributed by atoms with van der Waals surface area (Å²) in [7, 11) is 0. The van der Waals surface area contributed by atoms with Gasteiger partial charge in [0.2, 0.25) is 5.69 Å². The first-order valence-electron chi connectivity index (χ1n) is 10.0. The molecule has 160 valence electrons. The molecule has 0 bridgehead atoms. The maximum absolute atomic E-state index is 10.9. The molecule has 0 fully saturated rings. The van der Waals surface area contributed by atoms with Crippen molar-refractivity contribution in [2.75, 3.05) is 19.0 Å². The lowest BCUT2D eigenvalue weighted by molar-refractivity contribution is 0.0639. The Balaban J connectivity index is 2.08. The van der Waals surface area contributed by atoms with Crippen molar-refractivity contribution in [1.29, 1.82) is 0 Å². The highest BCUT2D eigenvalue weighted by Crippen LogP contribution is 2.61. The van der Waals surface area contributed by atoms with Crippen molar-refractivity contribution >= 4 is 28.9 Å². The summed E-state index contributed by atoms with van der Waals surface area (Å²) in [5.74, 6) is 0.485. The molecular weight excluding hydrogens is 421 g/mol. The maximum atomic E-state index is 10.9. The Hall–Kier alpha value is -0.720. The maximum Gasteiger partial charge on any atom is 0.247 e. The van der Waals surface area contributed by atoms with Gasteiger partial charge in [-0.1, -0.05) is 72.0 Å². The third-order valence-corrected chi connectivity index (χ3v) is 10.1. The molecule has 0 heterocycles. The highest BCUT2D eigenvalue weighted by Gasteiger charge is 2.26. The first-order valence-corrected chi connectivity index (χ1v) is 14.2. The first kappa shape index (κ1) is 24.5. The summed E-state index contributed by atoms with van der Waals surface area (Å²) in [4.78, 5) is 2.31. The van der Waals surface area contributed by atoms with Crippen molar-refractivity contribution in [2.24, 2.45) is 0 Å². The topological polar surface area (TPSA) is 41.9 Å². The predicted octanol–water partition coefficient (Wildman–Crippen LogP) is 5.47. The smallest absolute Gasteiger partial charge is 0.247 e. The Morgan fingerprint density at radius 3 is 1.79 bits per heavy atom. The lowest BCUT2D eigenvalue weighted by atomic mass is 10.1. The molecule has 0 saturated carbocycles. The molecule has 0 aliphatic rings. The summed E-state index contributed by atoms with van der Waals surface area (Å²) in [5, 5.41) is 10.9. The fraction of sp³-hybridized carbons (Fsp3) is 0.455. The highest BCUT2D eigenvalue weighted by atomic mass is 32.9. The zero-order valence-electron chi connectivity index (χ0n) is 17.4. The fourth-order valence-corrected chi connectivity index (χ4v) is 7.69. The van der Waals surface area contributed by atoms with Gasteiger partial charge in [-0.15, -0.1) is 0 Å². The van der Waals surface area contributed by atoms with Crippen LogP contribution >= 0.6 is 17.1 Å². The summed E-state index contributed by atoms with van der Waals surface area (Å²) in [6, 6.07) is 20.7. The second kappa shape index (κ2) is 12.9. The molecule has 2 atom stereocenters. The third-order valence-electron chi connectivity index (χ3n) is 4.57. The molecule has 0 aromatic heterocycles. The van der Waals surface area contributed by atoms with E-state index in [1.165, 1.54) is 22.5 Å². The van der Waals surface area contributed by atoms with Crippen LogP contribution in [0.3, 0.4) is 0 Å². The predicted molar refractivity (Wildman–Crippen MR) is 128 cm³/mol. The van der Waals surface area contributed by atoms with Crippen LogP contribution in [0.25, 0.3) is 0 Å². The summed E-state index contributed by atoms with van der Waals surface area (Å²) < 4.78 is 11.4. The Bertz CT molecular complexity index is 697. The molecule has 2 aromatic carbocycles. The van der Waals surface area contributed by atoms with Gasteiger partial charge in [0, 0.05) is 24.9 Å². The van der Waals surface area contributed by atoms with Gasteiger partial charge in [-0.3, -0.25) is 4.90 Å². The molecule has 2 rings (SSSR count). The zero-order chi connectivity index (χ0) is 21.1. The largest absolute Gasteiger partial charge is 0.391 e. The van der Waals surface area contributed by atoms with Gasteiger partial charge in [0.25, 0.3) is 0 Å².